The molecule has 1 aliphatic heterocycles. The molecule has 0 radical (unpaired) electrons. The van der Waals surface area contributed by atoms with Gasteiger partial charge in [-0.2, -0.15) is 0 Å². The van der Waals surface area contributed by atoms with Crippen molar-refractivity contribution in [2.45, 2.75) is 45.2 Å². The van der Waals surface area contributed by atoms with Crippen LogP contribution in [0.4, 0.5) is 4.39 Å². The predicted octanol–water partition coefficient (Wildman–Crippen LogP) is 2.95. The Labute approximate surface area is 132 Å². The van der Waals surface area contributed by atoms with Crippen molar-refractivity contribution < 1.29 is 9.18 Å². The first-order valence-electron chi connectivity index (χ1n) is 7.27. The first-order valence-corrected chi connectivity index (χ1v) is 7.27. The number of nitrogens with zero attached hydrogens (tertiary/aromatic N) is 1. The SMILES string of the molecule is CC(CC(=O)N1CCNC(C)C1C)c1cccc(F)c1.Cl. The van der Waals surface area contributed by atoms with E-state index in [9.17, 15) is 9.18 Å². The number of carbonyl (C=O) groups excluding carboxylic acids is 1. The number of carbonyl (C=O) groups is 1. The maximum atomic E-state index is 13.2. The molecule has 1 heterocycles. The van der Waals surface area contributed by atoms with Gasteiger partial charge in [-0.3, -0.25) is 4.79 Å². The van der Waals surface area contributed by atoms with Crippen molar-refractivity contribution in [3.63, 3.8) is 0 Å². The number of amides is 1. The fraction of sp³-hybridized carbons (Fsp3) is 0.562. The highest BCUT2D eigenvalue weighted by atomic mass is 35.5. The fourth-order valence-corrected chi connectivity index (χ4v) is 2.72. The minimum Gasteiger partial charge on any atom is -0.337 e. The van der Waals surface area contributed by atoms with Crippen LogP contribution in [0, 0.1) is 5.82 Å². The third-order valence-electron chi connectivity index (χ3n) is 4.25. The zero-order valence-corrected chi connectivity index (χ0v) is 13.6. The Hall–Kier alpha value is -1.13. The van der Waals surface area contributed by atoms with E-state index in [4.69, 9.17) is 0 Å². The van der Waals surface area contributed by atoms with Gasteiger partial charge in [-0.05, 0) is 37.5 Å². The monoisotopic (exact) mass is 314 g/mol. The summed E-state index contributed by atoms with van der Waals surface area (Å²) in [4.78, 5) is 14.4. The molecule has 1 aromatic rings. The number of halogens is 2. The van der Waals surface area contributed by atoms with Crippen LogP contribution in [0.5, 0.6) is 0 Å². The van der Waals surface area contributed by atoms with Gasteiger partial charge in [-0.15, -0.1) is 12.4 Å². The van der Waals surface area contributed by atoms with Crippen molar-refractivity contribution in [3.05, 3.63) is 35.6 Å². The Morgan fingerprint density at radius 1 is 1.48 bits per heavy atom. The lowest BCUT2D eigenvalue weighted by atomic mass is 9.96. The highest BCUT2D eigenvalue weighted by Gasteiger charge is 2.28. The van der Waals surface area contributed by atoms with E-state index in [1.807, 2.05) is 17.9 Å². The molecule has 1 fully saturated rings. The minimum absolute atomic E-state index is 0. The molecule has 1 N–H and O–H groups in total. The largest absolute Gasteiger partial charge is 0.337 e. The molecule has 3 unspecified atom stereocenters. The first kappa shape index (κ1) is 17.9. The number of piperazine rings is 1. The van der Waals surface area contributed by atoms with E-state index in [0.29, 0.717) is 12.5 Å². The quantitative estimate of drug-likeness (QED) is 0.930. The molecule has 5 heteroatoms. The van der Waals surface area contributed by atoms with Crippen molar-refractivity contribution in [2.24, 2.45) is 0 Å². The molecule has 21 heavy (non-hydrogen) atoms. The summed E-state index contributed by atoms with van der Waals surface area (Å²) in [5.74, 6) is -0.0517. The predicted molar refractivity (Wildman–Crippen MR) is 85.3 cm³/mol. The lowest BCUT2D eigenvalue weighted by Gasteiger charge is -2.39. The maximum Gasteiger partial charge on any atom is 0.223 e. The van der Waals surface area contributed by atoms with E-state index in [1.54, 1.807) is 6.07 Å². The molecular weight excluding hydrogens is 291 g/mol. The third-order valence-corrected chi connectivity index (χ3v) is 4.25. The molecule has 1 saturated heterocycles. The van der Waals surface area contributed by atoms with Gasteiger partial charge in [0.1, 0.15) is 5.82 Å². The standard InChI is InChI=1S/C16H23FN2O.ClH/c1-11(14-5-4-6-15(17)10-14)9-16(20)19-8-7-18-12(2)13(19)3;/h4-6,10-13,18H,7-9H2,1-3H3;1H. The summed E-state index contributed by atoms with van der Waals surface area (Å²) >= 11 is 0. The molecule has 0 bridgehead atoms. The molecule has 0 spiro atoms. The zero-order valence-electron chi connectivity index (χ0n) is 12.8. The maximum absolute atomic E-state index is 13.2. The van der Waals surface area contributed by atoms with Crippen LogP contribution in [0.1, 0.15) is 38.7 Å². The molecule has 0 aromatic heterocycles. The van der Waals surface area contributed by atoms with Crippen LogP contribution in [-0.4, -0.2) is 36.0 Å². The van der Waals surface area contributed by atoms with Crippen LogP contribution >= 0.6 is 12.4 Å². The van der Waals surface area contributed by atoms with Gasteiger partial charge in [-0.25, -0.2) is 4.39 Å². The number of hydrogen-bond acceptors (Lipinski definition) is 2. The topological polar surface area (TPSA) is 32.3 Å². The Bertz CT molecular complexity index is 483. The second kappa shape index (κ2) is 7.76. The molecule has 2 rings (SSSR count). The van der Waals surface area contributed by atoms with E-state index in [0.717, 1.165) is 18.7 Å². The molecule has 0 aliphatic carbocycles. The summed E-state index contributed by atoms with van der Waals surface area (Å²) in [6, 6.07) is 7.04. The van der Waals surface area contributed by atoms with E-state index in [2.05, 4.69) is 19.2 Å². The summed E-state index contributed by atoms with van der Waals surface area (Å²) in [7, 11) is 0. The second-order valence-electron chi connectivity index (χ2n) is 5.73. The molecule has 3 nitrogen and oxygen atoms in total. The summed E-state index contributed by atoms with van der Waals surface area (Å²) in [5, 5.41) is 3.37. The molecule has 3 atom stereocenters. The Morgan fingerprint density at radius 3 is 2.86 bits per heavy atom. The summed E-state index contributed by atoms with van der Waals surface area (Å²) in [5.41, 5.74) is 0.884. The number of rotatable bonds is 3. The number of nitrogens with one attached hydrogen (secondary N) is 1. The van der Waals surface area contributed by atoms with Gasteiger partial charge < -0.3 is 10.2 Å². The zero-order chi connectivity index (χ0) is 14.7. The molecule has 1 aliphatic rings. The normalized spacial score (nSPS) is 23.3. The second-order valence-corrected chi connectivity index (χ2v) is 5.73. The Balaban J connectivity index is 0.00000220. The molecule has 1 aromatic carbocycles. The average Bonchev–Trinajstić information content (AvgIpc) is 2.41. The van der Waals surface area contributed by atoms with Gasteiger partial charge in [0, 0.05) is 31.6 Å². The van der Waals surface area contributed by atoms with E-state index in [1.165, 1.54) is 12.1 Å². The summed E-state index contributed by atoms with van der Waals surface area (Å²) in [6.45, 7) is 7.73. The lowest BCUT2D eigenvalue weighted by Crippen LogP contribution is -2.57. The lowest BCUT2D eigenvalue weighted by molar-refractivity contribution is -0.135. The van der Waals surface area contributed by atoms with Crippen molar-refractivity contribution in [3.8, 4) is 0 Å². The van der Waals surface area contributed by atoms with Crippen LogP contribution in [0.3, 0.4) is 0 Å². The molecular formula is C16H24ClFN2O. The Morgan fingerprint density at radius 2 is 2.19 bits per heavy atom. The number of hydrogen-bond donors (Lipinski definition) is 1. The summed E-state index contributed by atoms with van der Waals surface area (Å²) in [6.07, 6.45) is 0.431. The van der Waals surface area contributed by atoms with Crippen LogP contribution < -0.4 is 5.32 Å². The fourth-order valence-electron chi connectivity index (χ4n) is 2.72. The van der Waals surface area contributed by atoms with E-state index in [-0.39, 0.29) is 36.1 Å². The molecule has 1 amide bonds. The van der Waals surface area contributed by atoms with Gasteiger partial charge in [0.15, 0.2) is 0 Å². The van der Waals surface area contributed by atoms with Crippen LogP contribution in [-0.2, 0) is 4.79 Å². The van der Waals surface area contributed by atoms with Gasteiger partial charge in [0.2, 0.25) is 5.91 Å². The molecule has 118 valence electrons. The molecule has 0 saturated carbocycles. The van der Waals surface area contributed by atoms with Crippen LogP contribution in [0.25, 0.3) is 0 Å². The van der Waals surface area contributed by atoms with Crippen molar-refractivity contribution in [1.29, 1.82) is 0 Å². The highest BCUT2D eigenvalue weighted by Crippen LogP contribution is 2.22. The van der Waals surface area contributed by atoms with Crippen molar-refractivity contribution >= 4 is 18.3 Å². The third kappa shape index (κ3) is 4.42. The van der Waals surface area contributed by atoms with Crippen molar-refractivity contribution in [1.82, 2.24) is 10.2 Å². The minimum atomic E-state index is -0.244. The van der Waals surface area contributed by atoms with Crippen molar-refractivity contribution in [2.75, 3.05) is 13.1 Å². The van der Waals surface area contributed by atoms with Gasteiger partial charge in [0.25, 0.3) is 0 Å². The van der Waals surface area contributed by atoms with Crippen LogP contribution in [0.15, 0.2) is 24.3 Å². The Kier molecular flexibility index (Phi) is 6.62. The van der Waals surface area contributed by atoms with Gasteiger partial charge >= 0.3 is 0 Å². The first-order chi connectivity index (χ1) is 9.49. The average molecular weight is 315 g/mol. The van der Waals surface area contributed by atoms with Gasteiger partial charge in [-0.1, -0.05) is 19.1 Å². The highest BCUT2D eigenvalue weighted by molar-refractivity contribution is 5.85. The summed E-state index contributed by atoms with van der Waals surface area (Å²) < 4.78 is 13.2. The van der Waals surface area contributed by atoms with E-state index < -0.39 is 0 Å². The smallest absolute Gasteiger partial charge is 0.223 e. The van der Waals surface area contributed by atoms with E-state index >= 15 is 0 Å². The van der Waals surface area contributed by atoms with Crippen LogP contribution in [0.2, 0.25) is 0 Å². The van der Waals surface area contributed by atoms with Gasteiger partial charge in [0.05, 0.1) is 0 Å². The number of benzene rings is 1.